The Morgan fingerprint density at radius 2 is 2.06 bits per heavy atom. The maximum Gasteiger partial charge on any atom is 0.315 e. The van der Waals surface area contributed by atoms with E-state index >= 15 is 0 Å². The number of hydrogen-bond acceptors (Lipinski definition) is 5. The SMILES string of the molecule is CC(C)CNCc1nnc(NC(C)(C)C2CC2)o1. The molecule has 0 aliphatic heterocycles. The average molecular weight is 252 g/mol. The molecule has 0 unspecified atom stereocenters. The van der Waals surface area contributed by atoms with E-state index in [4.69, 9.17) is 4.42 Å². The van der Waals surface area contributed by atoms with E-state index in [1.54, 1.807) is 0 Å². The van der Waals surface area contributed by atoms with Gasteiger partial charge in [0.05, 0.1) is 6.54 Å². The van der Waals surface area contributed by atoms with E-state index in [2.05, 4.69) is 48.5 Å². The fourth-order valence-corrected chi connectivity index (χ4v) is 2.03. The molecule has 0 atom stereocenters. The lowest BCUT2D eigenvalue weighted by molar-refractivity contribution is 0.431. The largest absolute Gasteiger partial charge is 0.407 e. The van der Waals surface area contributed by atoms with Gasteiger partial charge in [0.1, 0.15) is 0 Å². The van der Waals surface area contributed by atoms with Gasteiger partial charge in [-0.3, -0.25) is 0 Å². The molecule has 1 aliphatic carbocycles. The van der Waals surface area contributed by atoms with Crippen LogP contribution in [0.4, 0.5) is 6.01 Å². The molecule has 102 valence electrons. The molecule has 1 heterocycles. The number of aromatic nitrogens is 2. The molecule has 2 N–H and O–H groups in total. The van der Waals surface area contributed by atoms with Crippen molar-refractivity contribution in [2.45, 2.75) is 52.6 Å². The van der Waals surface area contributed by atoms with Crippen LogP contribution < -0.4 is 10.6 Å². The second-order valence-corrected chi connectivity index (χ2v) is 6.15. The van der Waals surface area contributed by atoms with Crippen LogP contribution in [-0.4, -0.2) is 22.3 Å². The smallest absolute Gasteiger partial charge is 0.315 e. The van der Waals surface area contributed by atoms with Gasteiger partial charge in [0, 0.05) is 5.54 Å². The Bertz CT molecular complexity index is 382. The van der Waals surface area contributed by atoms with Crippen LogP contribution >= 0.6 is 0 Å². The first-order valence-corrected chi connectivity index (χ1v) is 6.78. The van der Waals surface area contributed by atoms with Crippen molar-refractivity contribution in [3.05, 3.63) is 5.89 Å². The molecule has 1 saturated carbocycles. The van der Waals surface area contributed by atoms with Crippen LogP contribution in [-0.2, 0) is 6.54 Å². The minimum absolute atomic E-state index is 0.0508. The van der Waals surface area contributed by atoms with Crippen molar-refractivity contribution < 1.29 is 4.42 Å². The first kappa shape index (κ1) is 13.3. The van der Waals surface area contributed by atoms with Crippen molar-refractivity contribution in [2.75, 3.05) is 11.9 Å². The van der Waals surface area contributed by atoms with Crippen LogP contribution in [0.5, 0.6) is 0 Å². The maximum absolute atomic E-state index is 5.58. The normalized spacial score (nSPS) is 16.3. The van der Waals surface area contributed by atoms with Crippen molar-refractivity contribution in [3.63, 3.8) is 0 Å². The zero-order valence-corrected chi connectivity index (χ0v) is 11.8. The number of rotatable bonds is 7. The van der Waals surface area contributed by atoms with E-state index < -0.39 is 0 Å². The molecule has 0 bridgehead atoms. The zero-order chi connectivity index (χ0) is 13.2. The molecule has 0 spiro atoms. The van der Waals surface area contributed by atoms with E-state index in [1.165, 1.54) is 12.8 Å². The lowest BCUT2D eigenvalue weighted by atomic mass is 9.99. The van der Waals surface area contributed by atoms with Crippen LogP contribution in [0.15, 0.2) is 4.42 Å². The van der Waals surface area contributed by atoms with Crippen LogP contribution in [0, 0.1) is 11.8 Å². The summed E-state index contributed by atoms with van der Waals surface area (Å²) >= 11 is 0. The van der Waals surface area contributed by atoms with Gasteiger partial charge in [-0.1, -0.05) is 18.9 Å². The highest BCUT2D eigenvalue weighted by Crippen LogP contribution is 2.40. The van der Waals surface area contributed by atoms with Gasteiger partial charge in [-0.15, -0.1) is 5.10 Å². The van der Waals surface area contributed by atoms with E-state index in [0.717, 1.165) is 12.5 Å². The molecule has 5 heteroatoms. The Labute approximate surface area is 109 Å². The molecule has 18 heavy (non-hydrogen) atoms. The fraction of sp³-hybridized carbons (Fsp3) is 0.846. The Morgan fingerprint density at radius 1 is 1.33 bits per heavy atom. The zero-order valence-electron chi connectivity index (χ0n) is 11.8. The Morgan fingerprint density at radius 3 is 2.67 bits per heavy atom. The number of nitrogens with one attached hydrogen (secondary N) is 2. The van der Waals surface area contributed by atoms with Crippen molar-refractivity contribution >= 4 is 6.01 Å². The van der Waals surface area contributed by atoms with E-state index in [1.807, 2.05) is 0 Å². The van der Waals surface area contributed by atoms with Gasteiger partial charge in [-0.05, 0) is 45.1 Å². The standard InChI is InChI=1S/C13H24N4O/c1-9(2)7-14-8-11-16-17-12(18-11)15-13(3,4)10-5-6-10/h9-10,14H,5-8H2,1-4H3,(H,15,17). The van der Waals surface area contributed by atoms with Gasteiger partial charge in [0.15, 0.2) is 0 Å². The summed E-state index contributed by atoms with van der Waals surface area (Å²) in [6.45, 7) is 10.3. The maximum atomic E-state index is 5.58. The molecule has 1 fully saturated rings. The summed E-state index contributed by atoms with van der Waals surface area (Å²) in [6, 6.07) is 0.535. The first-order valence-electron chi connectivity index (χ1n) is 6.78. The lowest BCUT2D eigenvalue weighted by Gasteiger charge is -2.24. The van der Waals surface area contributed by atoms with Crippen LogP contribution in [0.2, 0.25) is 0 Å². The monoisotopic (exact) mass is 252 g/mol. The molecular formula is C13H24N4O. The van der Waals surface area contributed by atoms with Crippen molar-refractivity contribution in [2.24, 2.45) is 11.8 Å². The molecule has 0 aromatic carbocycles. The number of hydrogen-bond donors (Lipinski definition) is 2. The van der Waals surface area contributed by atoms with Crippen LogP contribution in [0.1, 0.15) is 46.4 Å². The second-order valence-electron chi connectivity index (χ2n) is 6.15. The third-order valence-electron chi connectivity index (χ3n) is 3.32. The molecule has 0 radical (unpaired) electrons. The van der Waals surface area contributed by atoms with Crippen molar-refractivity contribution in [3.8, 4) is 0 Å². The minimum atomic E-state index is 0.0508. The molecule has 2 rings (SSSR count). The second kappa shape index (κ2) is 5.26. The summed E-state index contributed by atoms with van der Waals surface area (Å²) in [5.41, 5.74) is 0.0508. The van der Waals surface area contributed by atoms with Crippen LogP contribution in [0.25, 0.3) is 0 Å². The highest BCUT2D eigenvalue weighted by atomic mass is 16.4. The predicted octanol–water partition coefficient (Wildman–Crippen LogP) is 2.42. The molecular weight excluding hydrogens is 228 g/mol. The van der Waals surface area contributed by atoms with Gasteiger partial charge < -0.3 is 15.1 Å². The molecule has 0 saturated heterocycles. The van der Waals surface area contributed by atoms with Gasteiger partial charge in [-0.2, -0.15) is 0 Å². The summed E-state index contributed by atoms with van der Waals surface area (Å²) in [6.07, 6.45) is 2.58. The Balaban J connectivity index is 1.82. The summed E-state index contributed by atoms with van der Waals surface area (Å²) in [5.74, 6) is 2.00. The van der Waals surface area contributed by atoms with Crippen molar-refractivity contribution in [1.82, 2.24) is 15.5 Å². The third kappa shape index (κ3) is 3.70. The Hall–Kier alpha value is -1.10. The fourth-order valence-electron chi connectivity index (χ4n) is 2.03. The van der Waals surface area contributed by atoms with E-state index in [-0.39, 0.29) is 5.54 Å². The van der Waals surface area contributed by atoms with Crippen molar-refractivity contribution in [1.29, 1.82) is 0 Å². The topological polar surface area (TPSA) is 63.0 Å². The Kier molecular flexibility index (Phi) is 3.90. The van der Waals surface area contributed by atoms with E-state index in [9.17, 15) is 0 Å². The van der Waals surface area contributed by atoms with Crippen LogP contribution in [0.3, 0.4) is 0 Å². The quantitative estimate of drug-likeness (QED) is 0.780. The highest BCUT2D eigenvalue weighted by Gasteiger charge is 2.38. The van der Waals surface area contributed by atoms with E-state index in [0.29, 0.717) is 24.4 Å². The van der Waals surface area contributed by atoms with Gasteiger partial charge in [0.25, 0.3) is 0 Å². The minimum Gasteiger partial charge on any atom is -0.407 e. The molecule has 1 aromatic heterocycles. The van der Waals surface area contributed by atoms with Gasteiger partial charge in [-0.25, -0.2) is 0 Å². The number of anilines is 1. The molecule has 1 aliphatic rings. The molecule has 0 amide bonds. The summed E-state index contributed by atoms with van der Waals surface area (Å²) in [5, 5.41) is 14.7. The summed E-state index contributed by atoms with van der Waals surface area (Å²) < 4.78 is 5.58. The average Bonchev–Trinajstić information content (AvgIpc) is 3.03. The lowest BCUT2D eigenvalue weighted by Crippen LogP contribution is -2.33. The third-order valence-corrected chi connectivity index (χ3v) is 3.32. The molecule has 5 nitrogen and oxygen atoms in total. The molecule has 1 aromatic rings. The van der Waals surface area contributed by atoms with Gasteiger partial charge >= 0.3 is 6.01 Å². The summed E-state index contributed by atoms with van der Waals surface area (Å²) in [4.78, 5) is 0. The number of nitrogens with zero attached hydrogens (tertiary/aromatic N) is 2. The predicted molar refractivity (Wildman–Crippen MR) is 71.3 cm³/mol. The van der Waals surface area contributed by atoms with Gasteiger partial charge in [0.2, 0.25) is 5.89 Å². The highest BCUT2D eigenvalue weighted by molar-refractivity contribution is 5.25. The summed E-state index contributed by atoms with van der Waals surface area (Å²) in [7, 11) is 0. The first-order chi connectivity index (χ1) is 8.47.